The van der Waals surface area contributed by atoms with Gasteiger partial charge in [0.05, 0.1) is 12.8 Å². The van der Waals surface area contributed by atoms with Gasteiger partial charge in [0.25, 0.3) is 0 Å². The van der Waals surface area contributed by atoms with Crippen molar-refractivity contribution >= 4 is 17.6 Å². The van der Waals surface area contributed by atoms with Gasteiger partial charge >= 0.3 is 5.97 Å². The fourth-order valence-electron chi connectivity index (χ4n) is 2.89. The summed E-state index contributed by atoms with van der Waals surface area (Å²) in [7, 11) is 1.53. The Balaban J connectivity index is 1.86. The number of anilines is 2. The SMILES string of the molecule is COc1cc(CN[C@H](C)C(=O)O)nc(Nc2cccc(-c3ccccc3)c2C)n1. The van der Waals surface area contributed by atoms with Crippen LogP contribution in [-0.2, 0) is 11.3 Å². The highest BCUT2D eigenvalue weighted by molar-refractivity contribution is 5.75. The fourth-order valence-corrected chi connectivity index (χ4v) is 2.89. The minimum absolute atomic E-state index is 0.282. The number of rotatable bonds is 8. The molecule has 29 heavy (non-hydrogen) atoms. The topological polar surface area (TPSA) is 96.4 Å². The number of hydrogen-bond donors (Lipinski definition) is 3. The second kappa shape index (κ2) is 9.16. The summed E-state index contributed by atoms with van der Waals surface area (Å²) < 4.78 is 5.28. The molecule has 1 aromatic heterocycles. The summed E-state index contributed by atoms with van der Waals surface area (Å²) in [5, 5.41) is 15.2. The molecule has 0 spiro atoms. The van der Waals surface area contributed by atoms with E-state index in [1.807, 2.05) is 37.3 Å². The van der Waals surface area contributed by atoms with E-state index in [9.17, 15) is 4.79 Å². The molecule has 1 atom stereocenters. The molecule has 3 aromatic rings. The van der Waals surface area contributed by atoms with Gasteiger partial charge in [0, 0.05) is 18.3 Å². The number of carboxylic acids is 1. The van der Waals surface area contributed by atoms with Crippen LogP contribution in [0.3, 0.4) is 0 Å². The first kappa shape index (κ1) is 20.3. The van der Waals surface area contributed by atoms with Crippen molar-refractivity contribution in [1.29, 1.82) is 0 Å². The zero-order chi connectivity index (χ0) is 20.8. The number of nitrogens with zero attached hydrogens (tertiary/aromatic N) is 2. The predicted molar refractivity (Wildman–Crippen MR) is 112 cm³/mol. The summed E-state index contributed by atoms with van der Waals surface area (Å²) in [4.78, 5) is 19.9. The van der Waals surface area contributed by atoms with Crippen LogP contribution in [0.25, 0.3) is 11.1 Å². The number of aromatic nitrogens is 2. The van der Waals surface area contributed by atoms with Crippen LogP contribution in [0, 0.1) is 6.92 Å². The van der Waals surface area contributed by atoms with Crippen molar-refractivity contribution in [2.45, 2.75) is 26.4 Å². The van der Waals surface area contributed by atoms with Gasteiger partial charge in [0.2, 0.25) is 11.8 Å². The molecule has 7 nitrogen and oxygen atoms in total. The van der Waals surface area contributed by atoms with E-state index >= 15 is 0 Å². The molecular weight excluding hydrogens is 368 g/mol. The number of aliphatic carboxylic acids is 1. The van der Waals surface area contributed by atoms with Gasteiger partial charge in [-0.25, -0.2) is 4.98 Å². The Morgan fingerprint density at radius 2 is 1.90 bits per heavy atom. The molecule has 0 saturated carbocycles. The average molecular weight is 392 g/mol. The molecule has 0 aliphatic carbocycles. The Morgan fingerprint density at radius 3 is 2.59 bits per heavy atom. The first-order valence-electron chi connectivity index (χ1n) is 9.28. The summed E-state index contributed by atoms with van der Waals surface area (Å²) >= 11 is 0. The van der Waals surface area contributed by atoms with Crippen LogP contribution in [0.5, 0.6) is 5.88 Å². The summed E-state index contributed by atoms with van der Waals surface area (Å²) in [6.07, 6.45) is 0. The number of carbonyl (C=O) groups is 1. The lowest BCUT2D eigenvalue weighted by molar-refractivity contribution is -0.139. The zero-order valence-corrected chi connectivity index (χ0v) is 16.6. The monoisotopic (exact) mass is 392 g/mol. The Labute approximate surface area is 169 Å². The van der Waals surface area contributed by atoms with Gasteiger partial charge in [-0.15, -0.1) is 0 Å². The van der Waals surface area contributed by atoms with E-state index in [4.69, 9.17) is 9.84 Å². The average Bonchev–Trinajstić information content (AvgIpc) is 2.73. The third-order valence-electron chi connectivity index (χ3n) is 4.59. The van der Waals surface area contributed by atoms with Gasteiger partial charge in [-0.3, -0.25) is 10.1 Å². The quantitative estimate of drug-likeness (QED) is 0.537. The molecule has 0 saturated heterocycles. The molecule has 3 rings (SSSR count). The first-order valence-corrected chi connectivity index (χ1v) is 9.28. The van der Waals surface area contributed by atoms with Gasteiger partial charge < -0.3 is 15.2 Å². The van der Waals surface area contributed by atoms with Crippen LogP contribution >= 0.6 is 0 Å². The molecular formula is C22H24N4O3. The van der Waals surface area contributed by atoms with E-state index < -0.39 is 12.0 Å². The molecule has 0 fully saturated rings. The van der Waals surface area contributed by atoms with E-state index in [0.717, 1.165) is 22.4 Å². The molecule has 150 valence electrons. The Morgan fingerprint density at radius 1 is 1.14 bits per heavy atom. The highest BCUT2D eigenvalue weighted by atomic mass is 16.5. The standard InChI is InChI=1S/C22H24N4O3/c1-14-18(16-8-5-4-6-9-16)10-7-11-19(14)25-22-24-17(12-20(26-22)29-3)13-23-15(2)21(27)28/h4-12,15,23H,13H2,1-3H3,(H,27,28)(H,24,25,26)/t15-/m1/s1. The number of benzene rings is 2. The number of nitrogens with one attached hydrogen (secondary N) is 2. The minimum Gasteiger partial charge on any atom is -0.481 e. The second-order valence-corrected chi connectivity index (χ2v) is 6.64. The number of methoxy groups -OCH3 is 1. The van der Waals surface area contributed by atoms with Gasteiger partial charge in [0.15, 0.2) is 0 Å². The molecule has 3 N–H and O–H groups in total. The molecule has 1 heterocycles. The van der Waals surface area contributed by atoms with E-state index in [2.05, 4.69) is 38.8 Å². The normalized spacial score (nSPS) is 11.7. The van der Waals surface area contributed by atoms with Crippen molar-refractivity contribution in [2.24, 2.45) is 0 Å². The third kappa shape index (κ3) is 5.08. The van der Waals surface area contributed by atoms with Crippen LogP contribution in [-0.4, -0.2) is 34.2 Å². The lowest BCUT2D eigenvalue weighted by Gasteiger charge is -2.14. The zero-order valence-electron chi connectivity index (χ0n) is 16.6. The minimum atomic E-state index is -0.919. The van der Waals surface area contributed by atoms with Gasteiger partial charge in [-0.05, 0) is 36.6 Å². The smallest absolute Gasteiger partial charge is 0.320 e. The second-order valence-electron chi connectivity index (χ2n) is 6.64. The summed E-state index contributed by atoms with van der Waals surface area (Å²) in [6.45, 7) is 3.91. The van der Waals surface area contributed by atoms with Crippen molar-refractivity contribution in [3.8, 4) is 17.0 Å². The molecule has 0 aliphatic rings. The maximum absolute atomic E-state index is 11.0. The highest BCUT2D eigenvalue weighted by Gasteiger charge is 2.13. The van der Waals surface area contributed by atoms with Crippen molar-refractivity contribution in [1.82, 2.24) is 15.3 Å². The van der Waals surface area contributed by atoms with Gasteiger partial charge in [-0.1, -0.05) is 42.5 Å². The largest absolute Gasteiger partial charge is 0.481 e. The van der Waals surface area contributed by atoms with Crippen LogP contribution in [0.4, 0.5) is 11.6 Å². The highest BCUT2D eigenvalue weighted by Crippen LogP contribution is 2.29. The Bertz CT molecular complexity index is 993. The Kier molecular flexibility index (Phi) is 6.41. The summed E-state index contributed by atoms with van der Waals surface area (Å²) in [5.41, 5.74) is 4.84. The predicted octanol–water partition coefficient (Wildman–Crippen LogP) is 3.77. The van der Waals surface area contributed by atoms with Gasteiger partial charge in [-0.2, -0.15) is 4.98 Å². The van der Waals surface area contributed by atoms with E-state index in [0.29, 0.717) is 17.5 Å². The molecule has 0 bridgehead atoms. The van der Waals surface area contributed by atoms with Crippen LogP contribution in [0.2, 0.25) is 0 Å². The van der Waals surface area contributed by atoms with Gasteiger partial charge in [0.1, 0.15) is 6.04 Å². The summed E-state index contributed by atoms with van der Waals surface area (Å²) in [6, 6.07) is 17.2. The van der Waals surface area contributed by atoms with Crippen molar-refractivity contribution in [2.75, 3.05) is 12.4 Å². The van der Waals surface area contributed by atoms with Crippen molar-refractivity contribution in [3.05, 3.63) is 65.9 Å². The van der Waals surface area contributed by atoms with E-state index in [-0.39, 0.29) is 6.54 Å². The lowest BCUT2D eigenvalue weighted by atomic mass is 9.99. The molecule has 7 heteroatoms. The molecule has 0 unspecified atom stereocenters. The number of ether oxygens (including phenoxy) is 1. The number of carboxylic acid groups (broad SMARTS) is 1. The first-order chi connectivity index (χ1) is 14.0. The van der Waals surface area contributed by atoms with E-state index in [1.165, 1.54) is 7.11 Å². The molecule has 0 radical (unpaired) electrons. The lowest BCUT2D eigenvalue weighted by Crippen LogP contribution is -2.33. The third-order valence-corrected chi connectivity index (χ3v) is 4.59. The van der Waals surface area contributed by atoms with E-state index in [1.54, 1.807) is 13.0 Å². The van der Waals surface area contributed by atoms with Crippen molar-refractivity contribution in [3.63, 3.8) is 0 Å². The molecule has 2 aromatic carbocycles. The maximum Gasteiger partial charge on any atom is 0.320 e. The molecule has 0 aliphatic heterocycles. The number of hydrogen-bond acceptors (Lipinski definition) is 6. The van der Waals surface area contributed by atoms with Crippen molar-refractivity contribution < 1.29 is 14.6 Å². The fraction of sp³-hybridized carbons (Fsp3) is 0.227. The Hall–Kier alpha value is -3.45. The van der Waals surface area contributed by atoms with Crippen LogP contribution < -0.4 is 15.4 Å². The summed E-state index contributed by atoms with van der Waals surface area (Å²) in [5.74, 6) is -0.130. The molecule has 0 amide bonds. The van der Waals surface area contributed by atoms with Crippen LogP contribution in [0.1, 0.15) is 18.2 Å². The maximum atomic E-state index is 11.0. The van der Waals surface area contributed by atoms with Crippen LogP contribution in [0.15, 0.2) is 54.6 Å².